The van der Waals surface area contributed by atoms with Crippen LogP contribution >= 0.6 is 0 Å². The highest BCUT2D eigenvalue weighted by atomic mass is 19.1. The molecule has 0 radical (unpaired) electrons. The lowest BCUT2D eigenvalue weighted by Gasteiger charge is -2.26. The molecule has 2 N–H and O–H groups in total. The first-order chi connectivity index (χ1) is 14.5. The Balaban J connectivity index is 1.49. The van der Waals surface area contributed by atoms with E-state index in [0.29, 0.717) is 30.5 Å². The van der Waals surface area contributed by atoms with E-state index in [1.54, 1.807) is 13.1 Å². The quantitative estimate of drug-likeness (QED) is 0.552. The molecular weight excluding hydrogens is 381 g/mol. The molecule has 0 bridgehead atoms. The van der Waals surface area contributed by atoms with Crippen LogP contribution < -0.4 is 10.6 Å². The number of rotatable bonds is 6. The molecule has 166 valence electrons. The standard InChI is InChI=1S/C23H36FN5O/c1-25-23(26-14-17-9-10-21(24)19(13-17)15-28(2)3)27-20-11-12-29(16-20)22(30)18-7-5-4-6-8-18/h9-10,13,18,20H,4-8,11-12,14-16H2,1-3H3,(H2,25,26,27). The largest absolute Gasteiger partial charge is 0.352 e. The lowest BCUT2D eigenvalue weighted by atomic mass is 9.88. The number of benzene rings is 1. The molecule has 1 atom stereocenters. The van der Waals surface area contributed by atoms with Gasteiger partial charge in [0.05, 0.1) is 0 Å². The van der Waals surface area contributed by atoms with E-state index in [0.717, 1.165) is 37.9 Å². The van der Waals surface area contributed by atoms with Crippen LogP contribution in [0.3, 0.4) is 0 Å². The molecule has 1 amide bonds. The van der Waals surface area contributed by atoms with Gasteiger partial charge in [0.1, 0.15) is 5.82 Å². The predicted molar refractivity (Wildman–Crippen MR) is 119 cm³/mol. The molecule has 7 heteroatoms. The van der Waals surface area contributed by atoms with Crippen molar-refractivity contribution in [3.05, 3.63) is 35.1 Å². The lowest BCUT2D eigenvalue weighted by molar-refractivity contribution is -0.135. The molecule has 1 heterocycles. The van der Waals surface area contributed by atoms with Gasteiger partial charge < -0.3 is 20.4 Å². The maximum atomic E-state index is 14.0. The van der Waals surface area contributed by atoms with Crippen molar-refractivity contribution in [1.82, 2.24) is 20.4 Å². The summed E-state index contributed by atoms with van der Waals surface area (Å²) in [7, 11) is 5.61. The first-order valence-corrected chi connectivity index (χ1v) is 11.1. The predicted octanol–water partition coefficient (Wildman–Crippen LogP) is 2.73. The molecule has 1 aliphatic carbocycles. The molecule has 1 saturated heterocycles. The molecular formula is C23H36FN5O. The Morgan fingerprint density at radius 2 is 2.00 bits per heavy atom. The minimum Gasteiger partial charge on any atom is -0.352 e. The van der Waals surface area contributed by atoms with Gasteiger partial charge in [-0.05, 0) is 51.1 Å². The Labute approximate surface area is 179 Å². The summed E-state index contributed by atoms with van der Waals surface area (Å²) < 4.78 is 14.0. The smallest absolute Gasteiger partial charge is 0.225 e. The van der Waals surface area contributed by atoms with Gasteiger partial charge in [-0.15, -0.1) is 0 Å². The van der Waals surface area contributed by atoms with Gasteiger partial charge in [-0.25, -0.2) is 4.39 Å². The van der Waals surface area contributed by atoms with E-state index in [-0.39, 0.29) is 17.8 Å². The molecule has 1 unspecified atom stereocenters. The maximum absolute atomic E-state index is 14.0. The molecule has 2 aliphatic rings. The zero-order valence-corrected chi connectivity index (χ0v) is 18.6. The summed E-state index contributed by atoms with van der Waals surface area (Å²) in [5.74, 6) is 1.10. The van der Waals surface area contributed by atoms with Crippen molar-refractivity contribution >= 4 is 11.9 Å². The number of likely N-dealkylation sites (tertiary alicyclic amines) is 1. The highest BCUT2D eigenvalue weighted by molar-refractivity contribution is 5.81. The number of carbonyl (C=O) groups excluding carboxylic acids is 1. The Hall–Kier alpha value is -2.15. The maximum Gasteiger partial charge on any atom is 0.225 e. The number of amides is 1. The van der Waals surface area contributed by atoms with E-state index in [1.807, 2.05) is 30.0 Å². The summed E-state index contributed by atoms with van der Waals surface area (Å²) >= 11 is 0. The summed E-state index contributed by atoms with van der Waals surface area (Å²) in [6, 6.07) is 5.43. The fourth-order valence-electron chi connectivity index (χ4n) is 4.46. The molecule has 1 aliphatic heterocycles. The van der Waals surface area contributed by atoms with Crippen molar-refractivity contribution in [1.29, 1.82) is 0 Å². The first-order valence-electron chi connectivity index (χ1n) is 11.1. The second kappa shape index (κ2) is 10.8. The molecule has 1 saturated carbocycles. The summed E-state index contributed by atoms with van der Waals surface area (Å²) in [5, 5.41) is 6.76. The number of aliphatic imine (C=N–C) groups is 1. The summed E-state index contributed by atoms with van der Waals surface area (Å²) in [6.07, 6.45) is 6.65. The van der Waals surface area contributed by atoms with Gasteiger partial charge in [-0.2, -0.15) is 0 Å². The summed E-state index contributed by atoms with van der Waals surface area (Å²) in [5.41, 5.74) is 1.70. The van der Waals surface area contributed by atoms with Crippen LogP contribution in [0.5, 0.6) is 0 Å². The number of guanidine groups is 1. The Bertz CT molecular complexity index is 745. The molecule has 3 rings (SSSR count). The Kier molecular flexibility index (Phi) is 8.08. The minimum absolute atomic E-state index is 0.177. The minimum atomic E-state index is -0.177. The van der Waals surface area contributed by atoms with E-state index in [9.17, 15) is 9.18 Å². The highest BCUT2D eigenvalue weighted by Crippen LogP contribution is 2.26. The van der Waals surface area contributed by atoms with Gasteiger partial charge in [0.25, 0.3) is 0 Å². The van der Waals surface area contributed by atoms with Gasteiger partial charge in [0.15, 0.2) is 5.96 Å². The van der Waals surface area contributed by atoms with Gasteiger partial charge in [0.2, 0.25) is 5.91 Å². The van der Waals surface area contributed by atoms with Crippen LogP contribution in [0.1, 0.15) is 49.7 Å². The summed E-state index contributed by atoms with van der Waals surface area (Å²) in [6.45, 7) is 2.69. The third-order valence-corrected chi connectivity index (χ3v) is 6.08. The molecule has 1 aromatic rings. The van der Waals surface area contributed by atoms with Crippen LogP contribution in [-0.4, -0.2) is 61.9 Å². The van der Waals surface area contributed by atoms with Crippen LogP contribution in [-0.2, 0) is 17.9 Å². The van der Waals surface area contributed by atoms with Gasteiger partial charge in [0, 0.05) is 50.7 Å². The number of carbonyl (C=O) groups is 1. The van der Waals surface area contributed by atoms with Crippen LogP contribution in [0.2, 0.25) is 0 Å². The zero-order valence-electron chi connectivity index (χ0n) is 18.6. The fraction of sp³-hybridized carbons (Fsp3) is 0.652. The van der Waals surface area contributed by atoms with Crippen LogP contribution in [0.25, 0.3) is 0 Å². The normalized spacial score (nSPS) is 20.6. The first kappa shape index (κ1) is 22.5. The average Bonchev–Trinajstić information content (AvgIpc) is 3.21. The van der Waals surface area contributed by atoms with Crippen molar-refractivity contribution in [2.24, 2.45) is 10.9 Å². The van der Waals surface area contributed by atoms with Gasteiger partial charge in [-0.1, -0.05) is 25.3 Å². The molecule has 0 aromatic heterocycles. The average molecular weight is 418 g/mol. The number of nitrogens with one attached hydrogen (secondary N) is 2. The highest BCUT2D eigenvalue weighted by Gasteiger charge is 2.31. The number of halogens is 1. The Morgan fingerprint density at radius 1 is 1.23 bits per heavy atom. The van der Waals surface area contributed by atoms with E-state index in [2.05, 4.69) is 15.6 Å². The van der Waals surface area contributed by atoms with Crippen molar-refractivity contribution in [2.75, 3.05) is 34.2 Å². The third kappa shape index (κ3) is 6.17. The van der Waals surface area contributed by atoms with E-state index in [1.165, 1.54) is 25.3 Å². The van der Waals surface area contributed by atoms with Crippen molar-refractivity contribution in [3.8, 4) is 0 Å². The second-order valence-electron chi connectivity index (χ2n) is 8.84. The topological polar surface area (TPSA) is 60.0 Å². The van der Waals surface area contributed by atoms with E-state index < -0.39 is 0 Å². The zero-order chi connectivity index (χ0) is 21.5. The van der Waals surface area contributed by atoms with Crippen LogP contribution in [0.4, 0.5) is 4.39 Å². The molecule has 30 heavy (non-hydrogen) atoms. The lowest BCUT2D eigenvalue weighted by Crippen LogP contribution is -2.45. The van der Waals surface area contributed by atoms with Gasteiger partial charge in [-0.3, -0.25) is 9.79 Å². The van der Waals surface area contributed by atoms with E-state index >= 15 is 0 Å². The third-order valence-electron chi connectivity index (χ3n) is 6.08. The molecule has 6 nitrogen and oxygen atoms in total. The molecule has 1 aromatic carbocycles. The Morgan fingerprint density at radius 3 is 2.70 bits per heavy atom. The van der Waals surface area contributed by atoms with Gasteiger partial charge >= 0.3 is 0 Å². The summed E-state index contributed by atoms with van der Waals surface area (Å²) in [4.78, 5) is 21.1. The fourth-order valence-corrected chi connectivity index (χ4v) is 4.46. The number of hydrogen-bond donors (Lipinski definition) is 2. The number of nitrogens with zero attached hydrogens (tertiary/aromatic N) is 3. The van der Waals surface area contributed by atoms with Crippen LogP contribution in [0, 0.1) is 11.7 Å². The van der Waals surface area contributed by atoms with Crippen molar-refractivity contribution in [3.63, 3.8) is 0 Å². The monoisotopic (exact) mass is 417 g/mol. The second-order valence-corrected chi connectivity index (χ2v) is 8.84. The molecule has 2 fully saturated rings. The van der Waals surface area contributed by atoms with Crippen LogP contribution in [0.15, 0.2) is 23.2 Å². The molecule has 0 spiro atoms. The van der Waals surface area contributed by atoms with E-state index in [4.69, 9.17) is 0 Å². The van der Waals surface area contributed by atoms with Crippen molar-refractivity contribution in [2.45, 2.75) is 57.7 Å². The van der Waals surface area contributed by atoms with Crippen molar-refractivity contribution < 1.29 is 9.18 Å². The number of hydrogen-bond acceptors (Lipinski definition) is 3. The SMILES string of the molecule is CN=C(NCc1ccc(F)c(CN(C)C)c1)NC1CCN(C(=O)C2CCCCC2)C1.